The van der Waals surface area contributed by atoms with E-state index in [9.17, 15) is 9.59 Å². The molecule has 2 aromatic carbocycles. The molecule has 0 bridgehead atoms. The van der Waals surface area contributed by atoms with Crippen molar-refractivity contribution in [3.05, 3.63) is 53.1 Å². The molecule has 2 aromatic rings. The first-order valence-electron chi connectivity index (χ1n) is 9.08. The number of anilines is 1. The number of amides is 1. The predicted octanol–water partition coefficient (Wildman–Crippen LogP) is 3.28. The number of piperazine rings is 1. The van der Waals surface area contributed by atoms with Crippen LogP contribution in [0.15, 0.2) is 42.5 Å². The van der Waals surface area contributed by atoms with Crippen LogP contribution in [0.4, 0.5) is 5.69 Å². The molecule has 1 fully saturated rings. The summed E-state index contributed by atoms with van der Waals surface area (Å²) in [5.41, 5.74) is 1.52. The van der Waals surface area contributed by atoms with Crippen LogP contribution in [0, 0.1) is 0 Å². The number of halogens is 1. The third kappa shape index (κ3) is 4.57. The highest BCUT2D eigenvalue weighted by Gasteiger charge is 2.23. The van der Waals surface area contributed by atoms with E-state index in [-0.39, 0.29) is 18.3 Å². The van der Waals surface area contributed by atoms with Crippen molar-refractivity contribution in [2.75, 3.05) is 44.8 Å². The van der Waals surface area contributed by atoms with Crippen LogP contribution in [0.2, 0.25) is 5.02 Å². The van der Waals surface area contributed by atoms with Gasteiger partial charge in [0.25, 0.3) is 5.91 Å². The van der Waals surface area contributed by atoms with Crippen LogP contribution < -0.4 is 14.4 Å². The van der Waals surface area contributed by atoms with Gasteiger partial charge in [0.05, 0.1) is 17.8 Å². The number of ketones is 1. The zero-order chi connectivity index (χ0) is 20.1. The van der Waals surface area contributed by atoms with E-state index < -0.39 is 0 Å². The van der Waals surface area contributed by atoms with Crippen LogP contribution in [0.5, 0.6) is 11.5 Å². The van der Waals surface area contributed by atoms with Gasteiger partial charge in [-0.3, -0.25) is 9.59 Å². The van der Waals surface area contributed by atoms with Crippen LogP contribution in [-0.2, 0) is 4.79 Å². The first-order chi connectivity index (χ1) is 13.5. The number of carbonyl (C=O) groups excluding carboxylic acids is 2. The van der Waals surface area contributed by atoms with E-state index in [1.165, 1.54) is 14.0 Å². The number of hydrogen-bond donors (Lipinski definition) is 0. The summed E-state index contributed by atoms with van der Waals surface area (Å²) < 4.78 is 10.9. The van der Waals surface area contributed by atoms with Gasteiger partial charge in [-0.15, -0.1) is 0 Å². The third-order valence-corrected chi connectivity index (χ3v) is 5.07. The Hall–Kier alpha value is -2.73. The molecule has 0 N–H and O–H groups in total. The Morgan fingerprint density at radius 2 is 1.75 bits per heavy atom. The Morgan fingerprint density at radius 3 is 2.39 bits per heavy atom. The van der Waals surface area contributed by atoms with E-state index in [2.05, 4.69) is 4.90 Å². The summed E-state index contributed by atoms with van der Waals surface area (Å²) in [5, 5.41) is 0.715. The number of rotatable bonds is 6. The van der Waals surface area contributed by atoms with E-state index in [0.29, 0.717) is 48.3 Å². The van der Waals surface area contributed by atoms with Crippen molar-refractivity contribution in [3.8, 4) is 11.5 Å². The smallest absolute Gasteiger partial charge is 0.260 e. The lowest BCUT2D eigenvalue weighted by molar-refractivity contribution is -0.133. The second-order valence-electron chi connectivity index (χ2n) is 6.53. The van der Waals surface area contributed by atoms with Gasteiger partial charge in [-0.2, -0.15) is 0 Å². The molecule has 1 aliphatic heterocycles. The van der Waals surface area contributed by atoms with Crippen molar-refractivity contribution in [2.45, 2.75) is 6.92 Å². The molecule has 0 radical (unpaired) electrons. The maximum atomic E-state index is 12.5. The fraction of sp³-hybridized carbons (Fsp3) is 0.333. The Morgan fingerprint density at radius 1 is 1.04 bits per heavy atom. The van der Waals surface area contributed by atoms with Crippen LogP contribution >= 0.6 is 11.6 Å². The monoisotopic (exact) mass is 402 g/mol. The summed E-state index contributed by atoms with van der Waals surface area (Å²) in [5.74, 6) is 0.730. The van der Waals surface area contributed by atoms with Gasteiger partial charge in [-0.1, -0.05) is 23.7 Å². The second kappa shape index (κ2) is 8.97. The molecule has 0 spiro atoms. The van der Waals surface area contributed by atoms with Crippen LogP contribution in [0.25, 0.3) is 0 Å². The van der Waals surface area contributed by atoms with Crippen LogP contribution in [0.3, 0.4) is 0 Å². The highest BCUT2D eigenvalue weighted by molar-refractivity contribution is 6.33. The van der Waals surface area contributed by atoms with Gasteiger partial charge in [-0.25, -0.2) is 0 Å². The van der Waals surface area contributed by atoms with Gasteiger partial charge >= 0.3 is 0 Å². The quantitative estimate of drug-likeness (QED) is 0.694. The van der Waals surface area contributed by atoms with Crippen molar-refractivity contribution >= 4 is 29.0 Å². The van der Waals surface area contributed by atoms with Gasteiger partial charge in [0.2, 0.25) is 0 Å². The van der Waals surface area contributed by atoms with E-state index in [1.54, 1.807) is 23.1 Å². The lowest BCUT2D eigenvalue weighted by atomic mass is 10.1. The number of para-hydroxylation sites is 1. The normalized spacial score (nSPS) is 14.0. The molecule has 0 aliphatic carbocycles. The molecule has 0 unspecified atom stereocenters. The molecule has 1 saturated heterocycles. The maximum absolute atomic E-state index is 12.5. The molecule has 0 atom stereocenters. The molecule has 6 nitrogen and oxygen atoms in total. The molecular formula is C21H23ClN2O4. The van der Waals surface area contributed by atoms with Gasteiger partial charge in [-0.05, 0) is 37.3 Å². The van der Waals surface area contributed by atoms with Gasteiger partial charge in [0.15, 0.2) is 23.9 Å². The summed E-state index contributed by atoms with van der Waals surface area (Å²) in [4.78, 5) is 28.0. The van der Waals surface area contributed by atoms with E-state index in [4.69, 9.17) is 21.1 Å². The lowest BCUT2D eigenvalue weighted by Crippen LogP contribution is -2.50. The molecule has 1 amide bonds. The fourth-order valence-electron chi connectivity index (χ4n) is 3.14. The minimum atomic E-state index is -0.0866. The number of hydrogen-bond acceptors (Lipinski definition) is 5. The largest absolute Gasteiger partial charge is 0.493 e. The first kappa shape index (κ1) is 20.0. The topological polar surface area (TPSA) is 59.1 Å². The second-order valence-corrected chi connectivity index (χ2v) is 6.94. The Labute approximate surface area is 169 Å². The number of methoxy groups -OCH3 is 1. The van der Waals surface area contributed by atoms with E-state index >= 15 is 0 Å². The molecule has 7 heteroatoms. The van der Waals surface area contributed by atoms with Gasteiger partial charge in [0, 0.05) is 31.7 Å². The van der Waals surface area contributed by atoms with E-state index in [0.717, 1.165) is 5.69 Å². The van der Waals surface area contributed by atoms with Gasteiger partial charge in [0.1, 0.15) is 0 Å². The molecular weight excluding hydrogens is 380 g/mol. The van der Waals surface area contributed by atoms with Crippen molar-refractivity contribution in [1.82, 2.24) is 4.90 Å². The Bertz CT molecular complexity index is 863. The zero-order valence-electron chi connectivity index (χ0n) is 16.0. The number of carbonyl (C=O) groups is 2. The van der Waals surface area contributed by atoms with Crippen molar-refractivity contribution in [2.24, 2.45) is 0 Å². The zero-order valence-corrected chi connectivity index (χ0v) is 16.7. The lowest BCUT2D eigenvalue weighted by Gasteiger charge is -2.36. The highest BCUT2D eigenvalue weighted by atomic mass is 35.5. The minimum Gasteiger partial charge on any atom is -0.493 e. The summed E-state index contributed by atoms with van der Waals surface area (Å²) in [6, 6.07) is 12.6. The molecule has 0 aromatic heterocycles. The molecule has 3 rings (SSSR count). The highest BCUT2D eigenvalue weighted by Crippen LogP contribution is 2.29. The number of benzene rings is 2. The summed E-state index contributed by atoms with van der Waals surface area (Å²) >= 11 is 6.26. The number of ether oxygens (including phenoxy) is 2. The molecule has 148 valence electrons. The first-order valence-corrected chi connectivity index (χ1v) is 9.46. The summed E-state index contributed by atoms with van der Waals surface area (Å²) in [7, 11) is 1.50. The average Bonchev–Trinajstić information content (AvgIpc) is 2.72. The molecule has 1 heterocycles. The molecule has 0 saturated carbocycles. The van der Waals surface area contributed by atoms with Crippen molar-refractivity contribution in [3.63, 3.8) is 0 Å². The standard InChI is InChI=1S/C21H23ClN2O4/c1-15(25)16-7-8-19(20(13-16)27-2)28-14-21(26)24-11-9-23(10-12-24)18-6-4-3-5-17(18)22/h3-8,13H,9-12,14H2,1-2H3. The maximum Gasteiger partial charge on any atom is 0.260 e. The van der Waals surface area contributed by atoms with Gasteiger partial charge < -0.3 is 19.3 Å². The number of nitrogens with zero attached hydrogens (tertiary/aromatic N) is 2. The fourth-order valence-corrected chi connectivity index (χ4v) is 3.40. The van der Waals surface area contributed by atoms with Crippen LogP contribution in [-0.4, -0.2) is 56.5 Å². The molecule has 1 aliphatic rings. The van der Waals surface area contributed by atoms with E-state index in [1.807, 2.05) is 24.3 Å². The Balaban J connectivity index is 1.55. The van der Waals surface area contributed by atoms with Crippen molar-refractivity contribution in [1.29, 1.82) is 0 Å². The number of Topliss-reactive ketones (excluding diaryl/α,β-unsaturated/α-hetero) is 1. The van der Waals surface area contributed by atoms with Crippen molar-refractivity contribution < 1.29 is 19.1 Å². The Kier molecular flexibility index (Phi) is 6.41. The predicted molar refractivity (Wildman–Crippen MR) is 109 cm³/mol. The minimum absolute atomic E-state index is 0.0580. The summed E-state index contributed by atoms with van der Waals surface area (Å²) in [6.45, 7) is 4.04. The average molecular weight is 403 g/mol. The summed E-state index contributed by atoms with van der Waals surface area (Å²) in [6.07, 6.45) is 0. The molecule has 28 heavy (non-hydrogen) atoms. The van der Waals surface area contributed by atoms with Crippen LogP contribution in [0.1, 0.15) is 17.3 Å². The SMILES string of the molecule is COc1cc(C(C)=O)ccc1OCC(=O)N1CCN(c2ccccc2Cl)CC1. The third-order valence-electron chi connectivity index (χ3n) is 4.75.